The average molecular weight is 248 g/mol. The highest BCUT2D eigenvalue weighted by molar-refractivity contribution is 5.49. The molecule has 0 unspecified atom stereocenters. The van der Waals surface area contributed by atoms with Crippen LogP contribution in [0.3, 0.4) is 0 Å². The second-order valence-electron chi connectivity index (χ2n) is 5.60. The summed E-state index contributed by atoms with van der Waals surface area (Å²) < 4.78 is 5.21. The Hall–Kier alpha value is -1.22. The SMILES string of the molecule is COc1ccc(N2CCCNC(C)(C)CC2)cc1. The molecule has 18 heavy (non-hydrogen) atoms. The maximum Gasteiger partial charge on any atom is 0.119 e. The van der Waals surface area contributed by atoms with Gasteiger partial charge in [0, 0.05) is 24.3 Å². The summed E-state index contributed by atoms with van der Waals surface area (Å²) in [7, 11) is 1.71. The van der Waals surface area contributed by atoms with Crippen molar-refractivity contribution in [1.29, 1.82) is 0 Å². The van der Waals surface area contributed by atoms with Gasteiger partial charge in [-0.3, -0.25) is 0 Å². The predicted octanol–water partition coefficient (Wildman–Crippen LogP) is 2.66. The van der Waals surface area contributed by atoms with E-state index in [0.717, 1.165) is 25.4 Å². The summed E-state index contributed by atoms with van der Waals surface area (Å²) in [4.78, 5) is 2.47. The number of ether oxygens (including phenoxy) is 1. The van der Waals surface area contributed by atoms with E-state index in [1.54, 1.807) is 7.11 Å². The van der Waals surface area contributed by atoms with Crippen molar-refractivity contribution in [3.8, 4) is 5.75 Å². The van der Waals surface area contributed by atoms with E-state index in [-0.39, 0.29) is 5.54 Å². The predicted molar refractivity (Wildman–Crippen MR) is 76.5 cm³/mol. The molecule has 1 heterocycles. The number of methoxy groups -OCH3 is 1. The van der Waals surface area contributed by atoms with Crippen molar-refractivity contribution in [1.82, 2.24) is 5.32 Å². The molecule has 0 amide bonds. The minimum Gasteiger partial charge on any atom is -0.497 e. The Balaban J connectivity index is 2.05. The van der Waals surface area contributed by atoms with Gasteiger partial charge in [-0.1, -0.05) is 0 Å². The van der Waals surface area contributed by atoms with Gasteiger partial charge in [-0.15, -0.1) is 0 Å². The third-order valence-corrected chi connectivity index (χ3v) is 3.65. The normalized spacial score (nSPS) is 20.1. The van der Waals surface area contributed by atoms with E-state index in [0.29, 0.717) is 0 Å². The molecule has 1 aromatic carbocycles. The number of benzene rings is 1. The van der Waals surface area contributed by atoms with Crippen molar-refractivity contribution in [3.05, 3.63) is 24.3 Å². The van der Waals surface area contributed by atoms with Crippen molar-refractivity contribution < 1.29 is 4.74 Å². The van der Waals surface area contributed by atoms with Gasteiger partial charge in [0.15, 0.2) is 0 Å². The summed E-state index contributed by atoms with van der Waals surface area (Å²) in [5, 5.41) is 3.60. The Bertz CT molecular complexity index is 373. The first kappa shape index (κ1) is 13.2. The van der Waals surface area contributed by atoms with Crippen LogP contribution in [0, 0.1) is 0 Å². The zero-order valence-electron chi connectivity index (χ0n) is 11.7. The Kier molecular flexibility index (Phi) is 4.12. The van der Waals surface area contributed by atoms with E-state index in [2.05, 4.69) is 36.2 Å². The zero-order valence-corrected chi connectivity index (χ0v) is 11.7. The number of anilines is 1. The molecule has 3 nitrogen and oxygen atoms in total. The Morgan fingerprint density at radius 2 is 1.89 bits per heavy atom. The second-order valence-corrected chi connectivity index (χ2v) is 5.60. The molecule has 0 atom stereocenters. The molecule has 0 bridgehead atoms. The molecule has 0 spiro atoms. The number of nitrogens with zero attached hydrogens (tertiary/aromatic N) is 1. The van der Waals surface area contributed by atoms with Crippen molar-refractivity contribution in [3.63, 3.8) is 0 Å². The third-order valence-electron chi connectivity index (χ3n) is 3.65. The summed E-state index contributed by atoms with van der Waals surface area (Å²) in [6.45, 7) is 7.89. The lowest BCUT2D eigenvalue weighted by Crippen LogP contribution is -2.46. The van der Waals surface area contributed by atoms with E-state index in [1.807, 2.05) is 12.1 Å². The fourth-order valence-corrected chi connectivity index (χ4v) is 2.36. The van der Waals surface area contributed by atoms with Gasteiger partial charge in [0.1, 0.15) is 5.75 Å². The minimum atomic E-state index is 0.241. The smallest absolute Gasteiger partial charge is 0.119 e. The first-order valence-electron chi connectivity index (χ1n) is 6.75. The number of rotatable bonds is 2. The van der Waals surface area contributed by atoms with E-state index in [4.69, 9.17) is 4.74 Å². The minimum absolute atomic E-state index is 0.241. The molecule has 0 radical (unpaired) electrons. The van der Waals surface area contributed by atoms with Crippen LogP contribution in [0.15, 0.2) is 24.3 Å². The highest BCUT2D eigenvalue weighted by atomic mass is 16.5. The molecule has 2 rings (SSSR count). The van der Waals surface area contributed by atoms with Gasteiger partial charge >= 0.3 is 0 Å². The zero-order chi connectivity index (χ0) is 13.0. The molecular formula is C15H24N2O. The van der Waals surface area contributed by atoms with Crippen molar-refractivity contribution in [2.24, 2.45) is 0 Å². The van der Waals surface area contributed by atoms with Gasteiger partial charge in [0.2, 0.25) is 0 Å². The Morgan fingerprint density at radius 3 is 2.56 bits per heavy atom. The second kappa shape index (κ2) is 5.61. The van der Waals surface area contributed by atoms with E-state index < -0.39 is 0 Å². The molecule has 1 aliphatic heterocycles. The van der Waals surface area contributed by atoms with Crippen LogP contribution in [-0.4, -0.2) is 32.3 Å². The Labute approximate surface area is 110 Å². The first-order valence-corrected chi connectivity index (χ1v) is 6.75. The van der Waals surface area contributed by atoms with E-state index >= 15 is 0 Å². The van der Waals surface area contributed by atoms with Crippen LogP contribution < -0.4 is 15.0 Å². The summed E-state index contributed by atoms with van der Waals surface area (Å²) in [5.74, 6) is 0.924. The molecule has 0 saturated carbocycles. The van der Waals surface area contributed by atoms with Crippen LogP contribution in [0.4, 0.5) is 5.69 Å². The molecule has 1 N–H and O–H groups in total. The lowest BCUT2D eigenvalue weighted by molar-refractivity contribution is 0.346. The maximum absolute atomic E-state index is 5.21. The van der Waals surface area contributed by atoms with Gasteiger partial charge in [0.05, 0.1) is 7.11 Å². The number of hydrogen-bond acceptors (Lipinski definition) is 3. The summed E-state index contributed by atoms with van der Waals surface area (Å²) in [5.41, 5.74) is 1.54. The quantitative estimate of drug-likeness (QED) is 0.871. The fourth-order valence-electron chi connectivity index (χ4n) is 2.36. The van der Waals surface area contributed by atoms with Crippen LogP contribution >= 0.6 is 0 Å². The van der Waals surface area contributed by atoms with Crippen LogP contribution in [0.25, 0.3) is 0 Å². The summed E-state index contributed by atoms with van der Waals surface area (Å²) in [6.07, 6.45) is 2.36. The fraction of sp³-hybridized carbons (Fsp3) is 0.600. The molecule has 1 aliphatic rings. The molecule has 1 aromatic rings. The molecule has 0 aromatic heterocycles. The highest BCUT2D eigenvalue weighted by Crippen LogP contribution is 2.22. The first-order chi connectivity index (χ1) is 8.61. The van der Waals surface area contributed by atoms with Gasteiger partial charge in [-0.05, 0) is 57.5 Å². The van der Waals surface area contributed by atoms with Crippen LogP contribution in [0.2, 0.25) is 0 Å². The maximum atomic E-state index is 5.21. The molecule has 1 saturated heterocycles. The molecule has 100 valence electrons. The molecule has 0 aliphatic carbocycles. The largest absolute Gasteiger partial charge is 0.497 e. The number of nitrogens with one attached hydrogen (secondary N) is 1. The van der Waals surface area contributed by atoms with E-state index in [9.17, 15) is 0 Å². The van der Waals surface area contributed by atoms with Crippen molar-refractivity contribution >= 4 is 5.69 Å². The standard InChI is InChI=1S/C15H24N2O/c1-15(2)9-12-17(11-4-10-16-15)13-5-7-14(18-3)8-6-13/h5-8,16H,4,9-12H2,1-3H3. The average Bonchev–Trinajstić information content (AvgIpc) is 2.36. The molecule has 3 heteroatoms. The third kappa shape index (κ3) is 3.39. The topological polar surface area (TPSA) is 24.5 Å². The lowest BCUT2D eigenvalue weighted by atomic mass is 9.98. The van der Waals surface area contributed by atoms with Gasteiger partial charge in [0.25, 0.3) is 0 Å². The monoisotopic (exact) mass is 248 g/mol. The Morgan fingerprint density at radius 1 is 1.17 bits per heavy atom. The van der Waals surface area contributed by atoms with Crippen LogP contribution in [-0.2, 0) is 0 Å². The lowest BCUT2D eigenvalue weighted by Gasteiger charge is -2.35. The highest BCUT2D eigenvalue weighted by Gasteiger charge is 2.20. The number of hydrogen-bond donors (Lipinski definition) is 1. The van der Waals surface area contributed by atoms with Crippen molar-refractivity contribution in [2.45, 2.75) is 32.2 Å². The summed E-state index contributed by atoms with van der Waals surface area (Å²) >= 11 is 0. The van der Waals surface area contributed by atoms with Gasteiger partial charge < -0.3 is 15.0 Å². The molecular weight excluding hydrogens is 224 g/mol. The van der Waals surface area contributed by atoms with E-state index in [1.165, 1.54) is 18.5 Å². The van der Waals surface area contributed by atoms with Crippen LogP contribution in [0.1, 0.15) is 26.7 Å². The molecule has 1 fully saturated rings. The summed E-state index contributed by atoms with van der Waals surface area (Å²) in [6, 6.07) is 8.39. The van der Waals surface area contributed by atoms with Gasteiger partial charge in [-0.2, -0.15) is 0 Å². The van der Waals surface area contributed by atoms with Gasteiger partial charge in [-0.25, -0.2) is 0 Å². The van der Waals surface area contributed by atoms with Crippen LogP contribution in [0.5, 0.6) is 5.75 Å². The van der Waals surface area contributed by atoms with Crippen molar-refractivity contribution in [2.75, 3.05) is 31.6 Å².